The van der Waals surface area contributed by atoms with Crippen LogP contribution in [0.4, 0.5) is 13.2 Å². The molecule has 192 valence electrons. The van der Waals surface area contributed by atoms with Gasteiger partial charge < -0.3 is 15.3 Å². The van der Waals surface area contributed by atoms with Gasteiger partial charge in [0.1, 0.15) is 0 Å². The van der Waals surface area contributed by atoms with Crippen LogP contribution in [0.1, 0.15) is 36.8 Å². The van der Waals surface area contributed by atoms with Gasteiger partial charge >= 0.3 is 12.1 Å². The average Bonchev–Trinajstić information content (AvgIpc) is 3.30. The van der Waals surface area contributed by atoms with Crippen molar-refractivity contribution in [2.24, 2.45) is 0 Å². The predicted octanol–water partition coefficient (Wildman–Crippen LogP) is 2.18. The van der Waals surface area contributed by atoms with E-state index in [0.717, 1.165) is 31.2 Å². The summed E-state index contributed by atoms with van der Waals surface area (Å²) in [5, 5.41) is 10.3. The first kappa shape index (κ1) is 28.1. The summed E-state index contributed by atoms with van der Waals surface area (Å²) in [6.07, 6.45) is -0.557. The van der Waals surface area contributed by atoms with E-state index in [4.69, 9.17) is 9.90 Å². The van der Waals surface area contributed by atoms with Gasteiger partial charge in [0.15, 0.2) is 0 Å². The average molecular weight is 508 g/mol. The number of carboxylic acid groups (broad SMARTS) is 1. The predicted molar refractivity (Wildman–Crippen MR) is 121 cm³/mol. The van der Waals surface area contributed by atoms with E-state index >= 15 is 0 Å². The fourth-order valence-corrected chi connectivity index (χ4v) is 5.40. The third kappa shape index (κ3) is 8.88. The lowest BCUT2D eigenvalue weighted by Gasteiger charge is -2.31. The zero-order valence-corrected chi connectivity index (χ0v) is 20.0. The van der Waals surface area contributed by atoms with Crippen molar-refractivity contribution in [1.29, 1.82) is 0 Å². The second-order valence-electron chi connectivity index (χ2n) is 8.46. The van der Waals surface area contributed by atoms with Crippen LogP contribution in [0.5, 0.6) is 0 Å². The van der Waals surface area contributed by atoms with Gasteiger partial charge in [-0.15, -0.1) is 0 Å². The van der Waals surface area contributed by atoms with E-state index in [2.05, 4.69) is 5.32 Å². The molecule has 1 saturated carbocycles. The molecule has 1 aromatic carbocycles. The minimum absolute atomic E-state index is 0.0170. The molecule has 2 N–H and O–H groups in total. The summed E-state index contributed by atoms with van der Waals surface area (Å²) in [5.74, 6) is -2.70. The van der Waals surface area contributed by atoms with Crippen LogP contribution in [0.15, 0.2) is 24.3 Å². The second-order valence-corrected chi connectivity index (χ2v) is 10.5. The molecule has 0 atom stereocenters. The SMILES string of the molecule is Cc1ccc(CC(=O)N(CCS(=O)(=O)N2CCNCC2)C2CCCC2)cc1.O=C(O)C(F)(F)F. The number of aryl methyl sites for hydroxylation is 1. The lowest BCUT2D eigenvalue weighted by atomic mass is 10.1. The molecule has 0 unspecified atom stereocenters. The quantitative estimate of drug-likeness (QED) is 0.586. The number of piperazine rings is 1. The van der Waals surface area contributed by atoms with Crippen molar-refractivity contribution in [1.82, 2.24) is 14.5 Å². The minimum Gasteiger partial charge on any atom is -0.475 e. The Bertz CT molecular complexity index is 911. The van der Waals surface area contributed by atoms with Crippen LogP contribution in [-0.2, 0) is 26.0 Å². The van der Waals surface area contributed by atoms with E-state index in [0.29, 0.717) is 39.1 Å². The highest BCUT2D eigenvalue weighted by Crippen LogP contribution is 2.24. The third-order valence-electron chi connectivity index (χ3n) is 5.86. The Morgan fingerprint density at radius 2 is 1.65 bits per heavy atom. The number of aliphatic carboxylic acids is 1. The number of nitrogens with zero attached hydrogens (tertiary/aromatic N) is 2. The van der Waals surface area contributed by atoms with Crippen molar-refractivity contribution in [3.05, 3.63) is 35.4 Å². The Hall–Kier alpha value is -2.18. The van der Waals surface area contributed by atoms with Crippen molar-refractivity contribution in [3.63, 3.8) is 0 Å². The first-order valence-corrected chi connectivity index (χ1v) is 12.8. The standard InChI is InChI=1S/C20H31N3O3S.C2HF3O2/c1-17-6-8-18(9-7-17)16-20(24)23(19-4-2-3-5-19)14-15-27(25,26)22-12-10-21-11-13-22;3-2(4,5)1(6)7/h6-9,19,21H,2-5,10-16H2,1H3;(H,6,7). The number of benzene rings is 1. The number of sulfonamides is 1. The molecule has 1 heterocycles. The summed E-state index contributed by atoms with van der Waals surface area (Å²) in [4.78, 5) is 23.7. The molecule has 1 aliphatic carbocycles. The number of carboxylic acids is 1. The molecule has 1 saturated heterocycles. The monoisotopic (exact) mass is 507 g/mol. The fourth-order valence-electron chi connectivity index (χ4n) is 3.97. The van der Waals surface area contributed by atoms with Crippen molar-refractivity contribution >= 4 is 21.9 Å². The van der Waals surface area contributed by atoms with Crippen LogP contribution >= 0.6 is 0 Å². The third-order valence-corrected chi connectivity index (χ3v) is 7.71. The van der Waals surface area contributed by atoms with Crippen LogP contribution in [0.3, 0.4) is 0 Å². The molecule has 12 heteroatoms. The van der Waals surface area contributed by atoms with E-state index in [1.165, 1.54) is 5.56 Å². The minimum atomic E-state index is -5.08. The molecular weight excluding hydrogens is 475 g/mol. The molecule has 3 rings (SSSR count). The van der Waals surface area contributed by atoms with E-state index in [1.54, 1.807) is 4.31 Å². The van der Waals surface area contributed by atoms with Gasteiger partial charge in [0.25, 0.3) is 0 Å². The number of amides is 1. The van der Waals surface area contributed by atoms with Gasteiger partial charge in [0.05, 0.1) is 12.2 Å². The highest BCUT2D eigenvalue weighted by molar-refractivity contribution is 7.89. The Morgan fingerprint density at radius 3 is 2.15 bits per heavy atom. The van der Waals surface area contributed by atoms with Gasteiger partial charge in [-0.25, -0.2) is 13.2 Å². The van der Waals surface area contributed by atoms with Gasteiger partial charge in [0.2, 0.25) is 15.9 Å². The number of carbonyl (C=O) groups is 2. The van der Waals surface area contributed by atoms with Gasteiger partial charge in [-0.1, -0.05) is 42.7 Å². The molecule has 34 heavy (non-hydrogen) atoms. The van der Waals surface area contributed by atoms with Crippen molar-refractivity contribution in [3.8, 4) is 0 Å². The number of nitrogens with one attached hydrogen (secondary N) is 1. The Labute approximate surface area is 198 Å². The van der Waals surface area contributed by atoms with Crippen LogP contribution in [0.2, 0.25) is 0 Å². The maximum atomic E-state index is 13.0. The van der Waals surface area contributed by atoms with Crippen LogP contribution < -0.4 is 5.32 Å². The summed E-state index contributed by atoms with van der Waals surface area (Å²) in [5.41, 5.74) is 2.15. The molecule has 0 radical (unpaired) electrons. The Balaban J connectivity index is 0.000000509. The molecule has 1 aromatic rings. The lowest BCUT2D eigenvalue weighted by Crippen LogP contribution is -2.49. The smallest absolute Gasteiger partial charge is 0.475 e. The number of halogens is 3. The molecule has 2 aliphatic rings. The highest BCUT2D eigenvalue weighted by atomic mass is 32.2. The largest absolute Gasteiger partial charge is 0.490 e. The van der Waals surface area contributed by atoms with Crippen molar-refractivity contribution in [2.75, 3.05) is 38.5 Å². The summed E-state index contributed by atoms with van der Waals surface area (Å²) >= 11 is 0. The summed E-state index contributed by atoms with van der Waals surface area (Å²) in [6.45, 7) is 4.74. The van der Waals surface area contributed by atoms with E-state index in [9.17, 15) is 26.4 Å². The summed E-state index contributed by atoms with van der Waals surface area (Å²) in [6, 6.07) is 8.17. The van der Waals surface area contributed by atoms with Crippen molar-refractivity contribution in [2.45, 2.75) is 51.2 Å². The molecule has 2 fully saturated rings. The molecule has 1 aliphatic heterocycles. The molecule has 0 bridgehead atoms. The zero-order valence-electron chi connectivity index (χ0n) is 19.2. The summed E-state index contributed by atoms with van der Waals surface area (Å²) < 4.78 is 58.7. The number of hydrogen-bond donors (Lipinski definition) is 2. The normalized spacial score (nSPS) is 17.6. The van der Waals surface area contributed by atoms with E-state index in [1.807, 2.05) is 36.1 Å². The van der Waals surface area contributed by atoms with Gasteiger partial charge in [-0.05, 0) is 25.3 Å². The molecule has 0 aromatic heterocycles. The summed E-state index contributed by atoms with van der Waals surface area (Å²) in [7, 11) is -3.32. The lowest BCUT2D eigenvalue weighted by molar-refractivity contribution is -0.192. The van der Waals surface area contributed by atoms with Gasteiger partial charge in [-0.3, -0.25) is 4.79 Å². The van der Waals surface area contributed by atoms with Gasteiger partial charge in [0, 0.05) is 38.8 Å². The topological polar surface area (TPSA) is 107 Å². The van der Waals surface area contributed by atoms with Crippen LogP contribution in [-0.4, -0.2) is 85.3 Å². The first-order valence-electron chi connectivity index (χ1n) is 11.2. The maximum absolute atomic E-state index is 13.0. The number of carbonyl (C=O) groups excluding carboxylic acids is 1. The Morgan fingerprint density at radius 1 is 1.12 bits per heavy atom. The first-order chi connectivity index (χ1) is 15.9. The molecule has 0 spiro atoms. The highest BCUT2D eigenvalue weighted by Gasteiger charge is 2.38. The molecule has 8 nitrogen and oxygen atoms in total. The number of rotatable bonds is 7. The zero-order chi connectivity index (χ0) is 25.4. The van der Waals surface area contributed by atoms with Gasteiger partial charge in [-0.2, -0.15) is 17.5 Å². The second kappa shape index (κ2) is 12.5. The van der Waals surface area contributed by atoms with Crippen LogP contribution in [0, 0.1) is 6.92 Å². The fraction of sp³-hybridized carbons (Fsp3) is 0.636. The van der Waals surface area contributed by atoms with E-state index < -0.39 is 22.2 Å². The van der Waals surface area contributed by atoms with Crippen molar-refractivity contribution < 1.29 is 36.3 Å². The Kier molecular flexibility index (Phi) is 10.3. The van der Waals surface area contributed by atoms with E-state index in [-0.39, 0.29) is 17.7 Å². The number of alkyl halides is 3. The maximum Gasteiger partial charge on any atom is 0.490 e. The number of hydrogen-bond acceptors (Lipinski definition) is 5. The molecule has 1 amide bonds. The molecular formula is C22H32F3N3O5S. The van der Waals surface area contributed by atoms with Crippen LogP contribution in [0.25, 0.3) is 0 Å².